The SMILES string of the molecule is COc1ccc(NC(c2cccnc2)C(C)C)cc1CO. The van der Waals surface area contributed by atoms with Gasteiger partial charge in [0.15, 0.2) is 0 Å². The monoisotopic (exact) mass is 286 g/mol. The minimum Gasteiger partial charge on any atom is -0.496 e. The quantitative estimate of drug-likeness (QED) is 0.854. The Labute approximate surface area is 125 Å². The molecule has 1 unspecified atom stereocenters. The van der Waals surface area contributed by atoms with Crippen LogP contribution < -0.4 is 10.1 Å². The first-order valence-electron chi connectivity index (χ1n) is 7.10. The lowest BCUT2D eigenvalue weighted by molar-refractivity contribution is 0.274. The van der Waals surface area contributed by atoms with Gasteiger partial charge in [-0.2, -0.15) is 0 Å². The number of pyridine rings is 1. The lowest BCUT2D eigenvalue weighted by Crippen LogP contribution is -2.17. The van der Waals surface area contributed by atoms with Crippen LogP contribution in [0.25, 0.3) is 0 Å². The van der Waals surface area contributed by atoms with Crippen LogP contribution in [0.4, 0.5) is 5.69 Å². The van der Waals surface area contributed by atoms with Crippen molar-refractivity contribution in [3.8, 4) is 5.75 Å². The number of ether oxygens (including phenoxy) is 1. The van der Waals surface area contributed by atoms with Crippen molar-refractivity contribution in [2.24, 2.45) is 5.92 Å². The van der Waals surface area contributed by atoms with E-state index in [4.69, 9.17) is 4.74 Å². The third-order valence-electron chi connectivity index (χ3n) is 3.48. The van der Waals surface area contributed by atoms with Gasteiger partial charge in [-0.25, -0.2) is 0 Å². The molecule has 1 atom stereocenters. The average molecular weight is 286 g/mol. The molecule has 0 radical (unpaired) electrons. The molecule has 2 N–H and O–H groups in total. The molecule has 112 valence electrons. The highest BCUT2D eigenvalue weighted by Crippen LogP contribution is 2.29. The van der Waals surface area contributed by atoms with E-state index < -0.39 is 0 Å². The van der Waals surface area contributed by atoms with Crippen LogP contribution in [0.3, 0.4) is 0 Å². The molecule has 1 aromatic heterocycles. The number of benzene rings is 1. The summed E-state index contributed by atoms with van der Waals surface area (Å²) in [6.07, 6.45) is 3.66. The van der Waals surface area contributed by atoms with Crippen LogP contribution in [0.2, 0.25) is 0 Å². The summed E-state index contributed by atoms with van der Waals surface area (Å²) in [5.41, 5.74) is 2.88. The number of nitrogens with zero attached hydrogens (tertiary/aromatic N) is 1. The van der Waals surface area contributed by atoms with Crippen LogP contribution in [0.5, 0.6) is 5.75 Å². The number of aliphatic hydroxyl groups is 1. The van der Waals surface area contributed by atoms with Gasteiger partial charge in [-0.3, -0.25) is 4.98 Å². The van der Waals surface area contributed by atoms with Crippen LogP contribution in [-0.4, -0.2) is 17.2 Å². The fraction of sp³-hybridized carbons (Fsp3) is 0.353. The van der Waals surface area contributed by atoms with E-state index in [-0.39, 0.29) is 12.6 Å². The third kappa shape index (κ3) is 3.73. The number of aromatic nitrogens is 1. The van der Waals surface area contributed by atoms with E-state index in [0.29, 0.717) is 11.7 Å². The number of rotatable bonds is 6. The molecule has 0 saturated heterocycles. The Kier molecular flexibility index (Phi) is 5.17. The maximum Gasteiger partial charge on any atom is 0.124 e. The summed E-state index contributed by atoms with van der Waals surface area (Å²) >= 11 is 0. The first kappa shape index (κ1) is 15.3. The Hall–Kier alpha value is -2.07. The molecule has 0 aliphatic heterocycles. The van der Waals surface area contributed by atoms with Gasteiger partial charge < -0.3 is 15.2 Å². The molecule has 2 rings (SSSR count). The number of methoxy groups -OCH3 is 1. The van der Waals surface area contributed by atoms with Gasteiger partial charge in [0.1, 0.15) is 5.75 Å². The predicted molar refractivity (Wildman–Crippen MR) is 84.4 cm³/mol. The molecular formula is C17H22N2O2. The normalized spacial score (nSPS) is 12.2. The second kappa shape index (κ2) is 7.09. The van der Waals surface area contributed by atoms with Gasteiger partial charge in [0.2, 0.25) is 0 Å². The summed E-state index contributed by atoms with van der Waals surface area (Å²) in [6, 6.07) is 9.93. The van der Waals surface area contributed by atoms with Crippen molar-refractivity contribution in [3.63, 3.8) is 0 Å². The third-order valence-corrected chi connectivity index (χ3v) is 3.48. The summed E-state index contributed by atoms with van der Waals surface area (Å²) in [5, 5.41) is 12.9. The smallest absolute Gasteiger partial charge is 0.124 e. The van der Waals surface area contributed by atoms with E-state index in [2.05, 4.69) is 30.2 Å². The van der Waals surface area contributed by atoms with Gasteiger partial charge >= 0.3 is 0 Å². The van der Waals surface area contributed by atoms with Crippen molar-refractivity contribution in [2.45, 2.75) is 26.5 Å². The Balaban J connectivity index is 2.25. The van der Waals surface area contributed by atoms with E-state index >= 15 is 0 Å². The van der Waals surface area contributed by atoms with Gasteiger partial charge in [-0.1, -0.05) is 19.9 Å². The van der Waals surface area contributed by atoms with Crippen molar-refractivity contribution in [1.29, 1.82) is 0 Å². The molecule has 0 fully saturated rings. The van der Waals surface area contributed by atoms with Gasteiger partial charge in [0.25, 0.3) is 0 Å². The Morgan fingerprint density at radius 1 is 1.29 bits per heavy atom. The summed E-state index contributed by atoms with van der Waals surface area (Å²) in [6.45, 7) is 4.29. The number of hydrogen-bond donors (Lipinski definition) is 2. The fourth-order valence-corrected chi connectivity index (χ4v) is 2.37. The fourth-order valence-electron chi connectivity index (χ4n) is 2.37. The Morgan fingerprint density at radius 3 is 2.67 bits per heavy atom. The zero-order valence-electron chi connectivity index (χ0n) is 12.7. The Bertz CT molecular complexity index is 570. The van der Waals surface area contributed by atoms with Crippen molar-refractivity contribution in [2.75, 3.05) is 12.4 Å². The van der Waals surface area contributed by atoms with Crippen LogP contribution in [-0.2, 0) is 6.61 Å². The molecular weight excluding hydrogens is 264 g/mol. The molecule has 0 spiro atoms. The molecule has 4 nitrogen and oxygen atoms in total. The highest BCUT2D eigenvalue weighted by atomic mass is 16.5. The van der Waals surface area contributed by atoms with Gasteiger partial charge in [-0.15, -0.1) is 0 Å². The van der Waals surface area contributed by atoms with Crippen molar-refractivity contribution < 1.29 is 9.84 Å². The second-order valence-electron chi connectivity index (χ2n) is 5.34. The lowest BCUT2D eigenvalue weighted by atomic mass is 9.97. The Morgan fingerprint density at radius 2 is 2.10 bits per heavy atom. The van der Waals surface area contributed by atoms with Gasteiger partial charge in [-0.05, 0) is 35.7 Å². The maximum atomic E-state index is 9.42. The van der Waals surface area contributed by atoms with Crippen LogP contribution in [0.15, 0.2) is 42.7 Å². The molecule has 4 heteroatoms. The lowest BCUT2D eigenvalue weighted by Gasteiger charge is -2.24. The van der Waals surface area contributed by atoms with E-state index in [1.54, 1.807) is 13.3 Å². The van der Waals surface area contributed by atoms with Crippen molar-refractivity contribution in [3.05, 3.63) is 53.9 Å². The highest BCUT2D eigenvalue weighted by molar-refractivity contribution is 5.52. The molecule has 0 aliphatic carbocycles. The highest BCUT2D eigenvalue weighted by Gasteiger charge is 2.16. The van der Waals surface area contributed by atoms with Crippen molar-refractivity contribution in [1.82, 2.24) is 4.98 Å². The second-order valence-corrected chi connectivity index (χ2v) is 5.34. The van der Waals surface area contributed by atoms with Crippen LogP contribution >= 0.6 is 0 Å². The summed E-state index contributed by atoms with van der Waals surface area (Å²) in [7, 11) is 1.61. The molecule has 2 aromatic rings. The van der Waals surface area contributed by atoms with E-state index in [1.165, 1.54) is 0 Å². The summed E-state index contributed by atoms with van der Waals surface area (Å²) in [5.74, 6) is 1.11. The zero-order valence-corrected chi connectivity index (χ0v) is 12.7. The molecule has 0 amide bonds. The summed E-state index contributed by atoms with van der Waals surface area (Å²) < 4.78 is 5.23. The molecule has 1 aromatic carbocycles. The molecule has 0 saturated carbocycles. The predicted octanol–water partition coefficient (Wildman–Crippen LogP) is 3.39. The number of nitrogens with one attached hydrogen (secondary N) is 1. The molecule has 0 aliphatic rings. The number of anilines is 1. The topological polar surface area (TPSA) is 54.4 Å². The minimum absolute atomic E-state index is 0.0437. The van der Waals surface area contributed by atoms with Crippen molar-refractivity contribution >= 4 is 5.69 Å². The summed E-state index contributed by atoms with van der Waals surface area (Å²) in [4.78, 5) is 4.19. The molecule has 1 heterocycles. The van der Waals surface area contributed by atoms with E-state index in [9.17, 15) is 5.11 Å². The van der Waals surface area contributed by atoms with Crippen LogP contribution in [0.1, 0.15) is 31.0 Å². The van der Waals surface area contributed by atoms with Crippen LogP contribution in [0, 0.1) is 5.92 Å². The van der Waals surface area contributed by atoms with E-state index in [0.717, 1.165) is 16.8 Å². The average Bonchev–Trinajstić information content (AvgIpc) is 2.52. The number of hydrogen-bond acceptors (Lipinski definition) is 4. The van der Waals surface area contributed by atoms with Gasteiger partial charge in [0, 0.05) is 23.6 Å². The molecule has 21 heavy (non-hydrogen) atoms. The number of aliphatic hydroxyl groups excluding tert-OH is 1. The van der Waals surface area contributed by atoms with E-state index in [1.807, 2.05) is 30.5 Å². The standard InChI is InChI=1S/C17H22N2O2/c1-12(2)17(13-5-4-8-18-10-13)19-15-6-7-16(21-3)14(9-15)11-20/h4-10,12,17,19-20H,11H2,1-3H3. The molecule has 0 bridgehead atoms. The first-order valence-corrected chi connectivity index (χ1v) is 7.10. The zero-order chi connectivity index (χ0) is 15.2. The maximum absolute atomic E-state index is 9.42. The minimum atomic E-state index is -0.0437. The van der Waals surface area contributed by atoms with Gasteiger partial charge in [0.05, 0.1) is 19.8 Å². The largest absolute Gasteiger partial charge is 0.496 e. The first-order chi connectivity index (χ1) is 10.2.